The summed E-state index contributed by atoms with van der Waals surface area (Å²) in [6, 6.07) is 1.09. The van der Waals surface area contributed by atoms with Crippen molar-refractivity contribution in [3.63, 3.8) is 0 Å². The maximum Gasteiger partial charge on any atom is 0.416 e. The number of alkyl halides is 6. The zero-order chi connectivity index (χ0) is 21.2. The summed E-state index contributed by atoms with van der Waals surface area (Å²) in [6.07, 6.45) is -10.1. The average Bonchev–Trinajstić information content (AvgIpc) is 2.86. The fourth-order valence-corrected chi connectivity index (χ4v) is 3.23. The van der Waals surface area contributed by atoms with Crippen molar-refractivity contribution in [2.75, 3.05) is 0 Å². The van der Waals surface area contributed by atoms with E-state index in [9.17, 15) is 35.9 Å². The van der Waals surface area contributed by atoms with Gasteiger partial charge in [-0.25, -0.2) is 4.68 Å². The van der Waals surface area contributed by atoms with Gasteiger partial charge in [0, 0.05) is 11.8 Å². The van der Waals surface area contributed by atoms with Gasteiger partial charge >= 0.3 is 12.4 Å². The Balaban J connectivity index is 2.29. The summed E-state index contributed by atoms with van der Waals surface area (Å²) in [5.74, 6) is -1.53. The lowest BCUT2D eigenvalue weighted by atomic mass is 9.74. The van der Waals surface area contributed by atoms with E-state index in [2.05, 4.69) is 5.10 Å². The molecule has 0 saturated carbocycles. The van der Waals surface area contributed by atoms with Crippen LogP contribution in [0.1, 0.15) is 46.7 Å². The molecule has 1 aromatic heterocycles. The first-order valence-electron chi connectivity index (χ1n) is 8.10. The number of fused-ring (bicyclic) bond motifs is 1. The molecule has 4 nitrogen and oxygen atoms in total. The first kappa shape index (κ1) is 20.1. The lowest BCUT2D eigenvalue weighted by molar-refractivity contribution is -0.143. The number of hydrogen-bond acceptors (Lipinski definition) is 3. The number of carbonyl (C=O) groups is 2. The molecule has 0 atom stereocenters. The number of aryl methyl sites for hydroxylation is 1. The molecule has 0 fully saturated rings. The lowest BCUT2D eigenvalue weighted by Gasteiger charge is -2.27. The Hall–Kier alpha value is -2.65. The van der Waals surface area contributed by atoms with Gasteiger partial charge in [0.15, 0.2) is 0 Å². The van der Waals surface area contributed by atoms with Gasteiger partial charge in [-0.05, 0) is 25.1 Å². The Morgan fingerprint density at radius 2 is 1.46 bits per heavy atom. The normalized spacial score (nSPS) is 17.0. The highest BCUT2D eigenvalue weighted by Gasteiger charge is 2.44. The molecule has 0 unspecified atom stereocenters. The highest BCUT2D eigenvalue weighted by molar-refractivity contribution is 6.46. The molecule has 0 radical (unpaired) electrons. The van der Waals surface area contributed by atoms with Crippen molar-refractivity contribution in [2.24, 2.45) is 5.41 Å². The van der Waals surface area contributed by atoms with Gasteiger partial charge in [-0.3, -0.25) is 9.59 Å². The zero-order valence-corrected chi connectivity index (χ0v) is 14.9. The molecule has 150 valence electrons. The smallest absolute Gasteiger partial charge is 0.290 e. The number of benzene rings is 1. The van der Waals surface area contributed by atoms with Crippen LogP contribution in [-0.2, 0) is 23.6 Å². The van der Waals surface area contributed by atoms with Crippen LogP contribution in [0.3, 0.4) is 0 Å². The third kappa shape index (κ3) is 3.20. The lowest BCUT2D eigenvalue weighted by Crippen LogP contribution is -2.39. The molecule has 1 aliphatic rings. The molecule has 10 heteroatoms. The summed E-state index contributed by atoms with van der Waals surface area (Å²) in [7, 11) is 0. The van der Waals surface area contributed by atoms with Gasteiger partial charge in [0.2, 0.25) is 11.6 Å². The molecule has 0 spiro atoms. The second kappa shape index (κ2) is 5.92. The molecule has 0 N–H and O–H groups in total. The Morgan fingerprint density at radius 3 is 1.93 bits per heavy atom. The molecule has 0 amide bonds. The van der Waals surface area contributed by atoms with E-state index in [-0.39, 0.29) is 29.4 Å². The molecular formula is C18H14F6N2O2. The molecule has 1 aromatic carbocycles. The van der Waals surface area contributed by atoms with Crippen molar-refractivity contribution < 1.29 is 35.9 Å². The van der Waals surface area contributed by atoms with E-state index in [1.165, 1.54) is 20.8 Å². The number of ketones is 2. The van der Waals surface area contributed by atoms with E-state index < -0.39 is 46.1 Å². The minimum absolute atomic E-state index is 0.0188. The van der Waals surface area contributed by atoms with Crippen LogP contribution in [0.4, 0.5) is 26.3 Å². The van der Waals surface area contributed by atoms with Crippen molar-refractivity contribution in [3.05, 3.63) is 46.3 Å². The van der Waals surface area contributed by atoms with E-state index in [1.54, 1.807) is 0 Å². The molecule has 0 aliphatic heterocycles. The summed E-state index contributed by atoms with van der Waals surface area (Å²) >= 11 is 0. The van der Waals surface area contributed by atoms with Crippen LogP contribution in [0.5, 0.6) is 0 Å². The van der Waals surface area contributed by atoms with Gasteiger partial charge in [0.1, 0.15) is 0 Å². The summed E-state index contributed by atoms with van der Waals surface area (Å²) < 4.78 is 79.7. The van der Waals surface area contributed by atoms with E-state index in [1.807, 2.05) is 0 Å². The molecule has 1 heterocycles. The number of carbonyl (C=O) groups excluding carboxylic acids is 2. The minimum Gasteiger partial charge on any atom is -0.290 e. The van der Waals surface area contributed by atoms with Gasteiger partial charge in [-0.15, -0.1) is 0 Å². The molecule has 2 aromatic rings. The van der Waals surface area contributed by atoms with E-state index in [0.29, 0.717) is 12.1 Å². The van der Waals surface area contributed by atoms with Gasteiger partial charge < -0.3 is 0 Å². The molecule has 0 saturated heterocycles. The fourth-order valence-electron chi connectivity index (χ4n) is 3.23. The van der Waals surface area contributed by atoms with Gasteiger partial charge in [-0.2, -0.15) is 31.4 Å². The zero-order valence-electron chi connectivity index (χ0n) is 14.9. The van der Waals surface area contributed by atoms with Crippen LogP contribution in [0, 0.1) is 12.3 Å². The van der Waals surface area contributed by atoms with Crippen molar-refractivity contribution in [1.82, 2.24) is 9.78 Å². The number of hydrogen-bond donors (Lipinski definition) is 0. The molecular weight excluding hydrogens is 390 g/mol. The van der Waals surface area contributed by atoms with Gasteiger partial charge in [0.25, 0.3) is 0 Å². The average molecular weight is 404 g/mol. The summed E-state index contributed by atoms with van der Waals surface area (Å²) in [5, 5.41) is 3.97. The van der Waals surface area contributed by atoms with Crippen molar-refractivity contribution in [2.45, 2.75) is 39.5 Å². The highest BCUT2D eigenvalue weighted by atomic mass is 19.4. The third-order valence-electron chi connectivity index (χ3n) is 4.63. The largest absolute Gasteiger partial charge is 0.416 e. The third-order valence-corrected chi connectivity index (χ3v) is 4.63. The summed E-state index contributed by atoms with van der Waals surface area (Å²) in [4.78, 5) is 24.6. The molecule has 28 heavy (non-hydrogen) atoms. The predicted molar refractivity (Wildman–Crippen MR) is 85.1 cm³/mol. The Kier molecular flexibility index (Phi) is 4.25. The van der Waals surface area contributed by atoms with Crippen molar-refractivity contribution in [1.29, 1.82) is 0 Å². The second-order valence-electron chi connectivity index (χ2n) is 7.30. The Morgan fingerprint density at radius 1 is 0.964 bits per heavy atom. The minimum atomic E-state index is -5.01. The predicted octanol–water partition coefficient (Wildman–Crippen LogP) is 4.55. The van der Waals surface area contributed by atoms with Crippen molar-refractivity contribution >= 4 is 11.6 Å². The Labute approximate surface area is 155 Å². The van der Waals surface area contributed by atoms with Gasteiger partial charge in [-0.1, -0.05) is 13.8 Å². The van der Waals surface area contributed by atoms with Crippen LogP contribution >= 0.6 is 0 Å². The number of rotatable bonds is 1. The van der Waals surface area contributed by atoms with Crippen LogP contribution in [-0.4, -0.2) is 21.3 Å². The van der Waals surface area contributed by atoms with Crippen LogP contribution < -0.4 is 0 Å². The topological polar surface area (TPSA) is 52.0 Å². The standard InChI is InChI=1S/C18H14F6N2O2/c1-8-13-12(7-16(2,3)15(28)14(13)27)26(25-8)11-5-9(17(19,20)21)4-10(6-11)18(22,23)24/h4-6H,7H2,1-3H3. The van der Waals surface area contributed by atoms with E-state index in [4.69, 9.17) is 0 Å². The summed E-state index contributed by atoms with van der Waals surface area (Å²) in [5.41, 5.74) is -4.51. The summed E-state index contributed by atoms with van der Waals surface area (Å²) in [6.45, 7) is 4.34. The first-order valence-corrected chi connectivity index (χ1v) is 8.10. The van der Waals surface area contributed by atoms with Crippen LogP contribution in [0.2, 0.25) is 0 Å². The Bertz CT molecular complexity index is 966. The molecule has 1 aliphatic carbocycles. The fraction of sp³-hybridized carbons (Fsp3) is 0.389. The number of nitrogens with zero attached hydrogens (tertiary/aromatic N) is 2. The highest BCUT2D eigenvalue weighted by Crippen LogP contribution is 2.39. The second-order valence-corrected chi connectivity index (χ2v) is 7.30. The number of halogens is 6. The molecule has 3 rings (SSSR count). The first-order chi connectivity index (χ1) is 12.6. The van der Waals surface area contributed by atoms with E-state index >= 15 is 0 Å². The van der Waals surface area contributed by atoms with Crippen LogP contribution in [0.25, 0.3) is 5.69 Å². The van der Waals surface area contributed by atoms with E-state index in [0.717, 1.165) is 4.68 Å². The quantitative estimate of drug-likeness (QED) is 0.518. The number of Topliss-reactive ketones (excluding diaryl/α,β-unsaturated/α-hetero) is 2. The number of aromatic nitrogens is 2. The van der Waals surface area contributed by atoms with Gasteiger partial charge in [0.05, 0.1) is 33.8 Å². The SMILES string of the molecule is Cc1nn(-c2cc(C(F)(F)F)cc(C(F)(F)F)c2)c2c1C(=O)C(=O)C(C)(C)C2. The maximum atomic E-state index is 13.1. The van der Waals surface area contributed by atoms with Crippen LogP contribution in [0.15, 0.2) is 18.2 Å². The van der Waals surface area contributed by atoms with Crippen molar-refractivity contribution in [3.8, 4) is 5.69 Å². The maximum absolute atomic E-state index is 13.1. The monoisotopic (exact) mass is 404 g/mol. The molecule has 0 bridgehead atoms.